The smallest absolute Gasteiger partial charge is 0.204 e. The Labute approximate surface area is 120 Å². The van der Waals surface area contributed by atoms with Crippen LogP contribution < -0.4 is 14.9 Å². The Hall–Kier alpha value is -2.69. The quantitative estimate of drug-likeness (QED) is 0.733. The Morgan fingerprint density at radius 3 is 2.38 bits per heavy atom. The predicted octanol–water partition coefficient (Wildman–Crippen LogP) is 2.98. The van der Waals surface area contributed by atoms with Crippen LogP contribution >= 0.6 is 0 Å². The standard InChI is InChI=1S/C16H14O5/c1-8-4-9(17)5-12-14(8)16(18)15-11(20-3)6-10(19-2)7-13(15)21-12/h4-7,17H,1-3H3. The lowest BCUT2D eigenvalue weighted by Crippen LogP contribution is -2.06. The molecule has 0 radical (unpaired) electrons. The number of ether oxygens (including phenoxy) is 2. The number of benzene rings is 2. The molecule has 0 atom stereocenters. The van der Waals surface area contributed by atoms with Gasteiger partial charge in [0.05, 0.1) is 19.6 Å². The maximum Gasteiger partial charge on any atom is 0.204 e. The van der Waals surface area contributed by atoms with Crippen LogP contribution in [0.25, 0.3) is 21.9 Å². The first-order chi connectivity index (χ1) is 10.0. The number of phenols is 1. The van der Waals surface area contributed by atoms with E-state index in [4.69, 9.17) is 13.9 Å². The molecule has 0 saturated carbocycles. The highest BCUT2D eigenvalue weighted by molar-refractivity contribution is 5.95. The number of aryl methyl sites for hydroxylation is 1. The van der Waals surface area contributed by atoms with E-state index >= 15 is 0 Å². The third-order valence-electron chi connectivity index (χ3n) is 3.45. The number of methoxy groups -OCH3 is 2. The van der Waals surface area contributed by atoms with Gasteiger partial charge in [0, 0.05) is 18.2 Å². The summed E-state index contributed by atoms with van der Waals surface area (Å²) in [4.78, 5) is 12.7. The molecule has 21 heavy (non-hydrogen) atoms. The van der Waals surface area contributed by atoms with E-state index in [0.29, 0.717) is 39.0 Å². The summed E-state index contributed by atoms with van der Waals surface area (Å²) in [6, 6.07) is 6.22. The van der Waals surface area contributed by atoms with Gasteiger partial charge in [-0.25, -0.2) is 0 Å². The average molecular weight is 286 g/mol. The molecule has 0 aliphatic heterocycles. The Kier molecular flexibility index (Phi) is 2.97. The monoisotopic (exact) mass is 286 g/mol. The lowest BCUT2D eigenvalue weighted by molar-refractivity contribution is 0.396. The maximum absolute atomic E-state index is 12.7. The minimum Gasteiger partial charge on any atom is -0.508 e. The minimum atomic E-state index is -0.191. The summed E-state index contributed by atoms with van der Waals surface area (Å²) in [6.07, 6.45) is 0. The second-order valence-corrected chi connectivity index (χ2v) is 4.77. The van der Waals surface area contributed by atoms with Crippen LogP contribution in [0.1, 0.15) is 5.56 Å². The van der Waals surface area contributed by atoms with Crippen molar-refractivity contribution >= 4 is 21.9 Å². The highest BCUT2D eigenvalue weighted by Crippen LogP contribution is 2.32. The van der Waals surface area contributed by atoms with Gasteiger partial charge in [-0.3, -0.25) is 4.79 Å². The van der Waals surface area contributed by atoms with Crippen LogP contribution in [0.5, 0.6) is 17.2 Å². The predicted molar refractivity (Wildman–Crippen MR) is 79.5 cm³/mol. The zero-order chi connectivity index (χ0) is 15.1. The van der Waals surface area contributed by atoms with Crippen LogP contribution in [0, 0.1) is 6.92 Å². The minimum absolute atomic E-state index is 0.0531. The van der Waals surface area contributed by atoms with Crippen molar-refractivity contribution < 1.29 is 19.0 Å². The fraction of sp³-hybridized carbons (Fsp3) is 0.188. The van der Waals surface area contributed by atoms with Crippen molar-refractivity contribution in [2.24, 2.45) is 0 Å². The molecule has 0 amide bonds. The number of fused-ring (bicyclic) bond motifs is 2. The van der Waals surface area contributed by atoms with E-state index in [0.717, 1.165) is 0 Å². The van der Waals surface area contributed by atoms with Crippen LogP contribution in [0.4, 0.5) is 0 Å². The third kappa shape index (κ3) is 1.98. The molecule has 0 bridgehead atoms. The van der Waals surface area contributed by atoms with Gasteiger partial charge < -0.3 is 19.0 Å². The Bertz CT molecular complexity index is 908. The van der Waals surface area contributed by atoms with Gasteiger partial charge in [0.1, 0.15) is 33.8 Å². The van der Waals surface area contributed by atoms with Crippen molar-refractivity contribution in [1.29, 1.82) is 0 Å². The van der Waals surface area contributed by atoms with Gasteiger partial charge in [-0.1, -0.05) is 0 Å². The first-order valence-electron chi connectivity index (χ1n) is 6.37. The lowest BCUT2D eigenvalue weighted by Gasteiger charge is -2.10. The van der Waals surface area contributed by atoms with Crippen LogP contribution in [-0.4, -0.2) is 19.3 Å². The summed E-state index contributed by atoms with van der Waals surface area (Å²) >= 11 is 0. The van der Waals surface area contributed by atoms with Crippen molar-refractivity contribution in [2.45, 2.75) is 6.92 Å². The molecule has 2 aromatic carbocycles. The third-order valence-corrected chi connectivity index (χ3v) is 3.45. The fourth-order valence-electron chi connectivity index (χ4n) is 2.50. The molecule has 1 N–H and O–H groups in total. The first-order valence-corrected chi connectivity index (χ1v) is 6.37. The van der Waals surface area contributed by atoms with Crippen LogP contribution in [0.2, 0.25) is 0 Å². The number of phenolic OH excluding ortho intramolecular Hbond substituents is 1. The molecule has 1 aromatic heterocycles. The largest absolute Gasteiger partial charge is 0.508 e. The van der Waals surface area contributed by atoms with Gasteiger partial charge in [0.25, 0.3) is 0 Å². The molecule has 108 valence electrons. The SMILES string of the molecule is COc1cc(OC)c2c(=O)c3c(C)cc(O)cc3oc2c1. The van der Waals surface area contributed by atoms with Gasteiger partial charge >= 0.3 is 0 Å². The Balaban J connectivity index is 2.56. The molecule has 5 nitrogen and oxygen atoms in total. The second-order valence-electron chi connectivity index (χ2n) is 4.77. The van der Waals surface area contributed by atoms with Crippen LogP contribution in [0.3, 0.4) is 0 Å². The van der Waals surface area contributed by atoms with Crippen molar-refractivity contribution in [3.63, 3.8) is 0 Å². The molecule has 3 rings (SSSR count). The average Bonchev–Trinajstić information content (AvgIpc) is 2.44. The summed E-state index contributed by atoms with van der Waals surface area (Å²) in [5.74, 6) is 0.976. The zero-order valence-electron chi connectivity index (χ0n) is 11.9. The first kappa shape index (κ1) is 13.3. The van der Waals surface area contributed by atoms with E-state index in [1.807, 2.05) is 0 Å². The molecule has 0 unspecified atom stereocenters. The van der Waals surface area contributed by atoms with Crippen molar-refractivity contribution in [2.75, 3.05) is 14.2 Å². The summed E-state index contributed by atoms with van der Waals surface area (Å²) in [6.45, 7) is 1.75. The van der Waals surface area contributed by atoms with Crippen LogP contribution in [-0.2, 0) is 0 Å². The molecule has 0 aliphatic rings. The molecule has 0 fully saturated rings. The normalized spacial score (nSPS) is 11.0. The second kappa shape index (κ2) is 4.70. The highest BCUT2D eigenvalue weighted by atomic mass is 16.5. The van der Waals surface area contributed by atoms with Gasteiger partial charge in [-0.2, -0.15) is 0 Å². The molecule has 0 saturated heterocycles. The van der Waals surface area contributed by atoms with Gasteiger partial charge in [0.15, 0.2) is 0 Å². The van der Waals surface area contributed by atoms with Gasteiger partial charge in [0.2, 0.25) is 5.43 Å². The van der Waals surface area contributed by atoms with Gasteiger partial charge in [-0.05, 0) is 18.6 Å². The molecule has 5 heteroatoms. The Morgan fingerprint density at radius 1 is 1.00 bits per heavy atom. The molecule has 3 aromatic rings. The summed E-state index contributed by atoms with van der Waals surface area (Å²) in [7, 11) is 3.01. The van der Waals surface area contributed by atoms with E-state index in [-0.39, 0.29) is 11.2 Å². The molecular weight excluding hydrogens is 272 g/mol. The number of hydrogen-bond acceptors (Lipinski definition) is 5. The van der Waals surface area contributed by atoms with E-state index in [1.54, 1.807) is 19.1 Å². The molecule has 0 spiro atoms. The highest BCUT2D eigenvalue weighted by Gasteiger charge is 2.16. The van der Waals surface area contributed by atoms with Crippen molar-refractivity contribution in [3.05, 3.63) is 40.1 Å². The van der Waals surface area contributed by atoms with E-state index in [1.165, 1.54) is 26.4 Å². The van der Waals surface area contributed by atoms with Crippen molar-refractivity contribution in [3.8, 4) is 17.2 Å². The maximum atomic E-state index is 12.7. The Morgan fingerprint density at radius 2 is 1.71 bits per heavy atom. The molecular formula is C16H14O5. The lowest BCUT2D eigenvalue weighted by atomic mass is 10.1. The zero-order valence-corrected chi connectivity index (χ0v) is 11.9. The summed E-state index contributed by atoms with van der Waals surface area (Å²) in [5, 5.41) is 10.5. The van der Waals surface area contributed by atoms with E-state index < -0.39 is 0 Å². The summed E-state index contributed by atoms with van der Waals surface area (Å²) < 4.78 is 16.2. The topological polar surface area (TPSA) is 68.9 Å². The van der Waals surface area contributed by atoms with E-state index in [9.17, 15) is 9.90 Å². The van der Waals surface area contributed by atoms with Crippen LogP contribution in [0.15, 0.2) is 33.5 Å². The molecule has 1 heterocycles. The van der Waals surface area contributed by atoms with Gasteiger partial charge in [-0.15, -0.1) is 0 Å². The summed E-state index contributed by atoms with van der Waals surface area (Å²) in [5.41, 5.74) is 1.15. The number of rotatable bonds is 2. The number of aromatic hydroxyl groups is 1. The molecule has 0 aliphatic carbocycles. The van der Waals surface area contributed by atoms with E-state index in [2.05, 4.69) is 0 Å². The van der Waals surface area contributed by atoms with Crippen molar-refractivity contribution in [1.82, 2.24) is 0 Å². The number of hydrogen-bond donors (Lipinski definition) is 1. The fourth-order valence-corrected chi connectivity index (χ4v) is 2.50.